The molecule has 0 saturated carbocycles. The van der Waals surface area contributed by atoms with Gasteiger partial charge in [-0.2, -0.15) is 0 Å². The number of halogens is 1. The summed E-state index contributed by atoms with van der Waals surface area (Å²) in [5, 5.41) is 0. The molecule has 0 bridgehead atoms. The van der Waals surface area contributed by atoms with E-state index < -0.39 is 0 Å². The maximum Gasteiger partial charge on any atom is 0.0643 e. The highest BCUT2D eigenvalue weighted by atomic mass is 79.9. The highest BCUT2D eigenvalue weighted by molar-refractivity contribution is 9.10. The molecule has 1 aliphatic rings. The van der Waals surface area contributed by atoms with E-state index in [-0.39, 0.29) is 16.4 Å². The molecule has 3 aromatic rings. The van der Waals surface area contributed by atoms with Gasteiger partial charge in [0.1, 0.15) is 0 Å². The Morgan fingerprint density at radius 2 is 1.41 bits per heavy atom. The lowest BCUT2D eigenvalue weighted by atomic mass is 9.78. The normalized spacial score (nSPS) is 18.0. The summed E-state index contributed by atoms with van der Waals surface area (Å²) in [5.41, 5.74) is 6.68. The fraction of sp³-hybridized carbons (Fsp3) is 0.353. The smallest absolute Gasteiger partial charge is 0.0643 e. The van der Waals surface area contributed by atoms with E-state index in [9.17, 15) is 0 Å². The van der Waals surface area contributed by atoms with Crippen molar-refractivity contribution in [2.75, 3.05) is 4.90 Å². The minimum atomic E-state index is -0.164. The van der Waals surface area contributed by atoms with Crippen molar-refractivity contribution < 1.29 is 0 Å². The summed E-state index contributed by atoms with van der Waals surface area (Å²) in [6.45, 7) is 18.3. The third-order valence-electron chi connectivity index (χ3n) is 7.18. The van der Waals surface area contributed by atoms with Gasteiger partial charge in [-0.25, -0.2) is 0 Å². The van der Waals surface area contributed by atoms with Crippen molar-refractivity contribution in [3.05, 3.63) is 106 Å². The molecule has 0 aliphatic heterocycles. The Kier molecular flexibility index (Phi) is 7.89. The van der Waals surface area contributed by atoms with Crippen molar-refractivity contribution in [1.29, 1.82) is 0 Å². The molecule has 0 aromatic heterocycles. The predicted octanol–water partition coefficient (Wildman–Crippen LogP) is 11.0. The molecule has 0 amide bonds. The molecule has 37 heavy (non-hydrogen) atoms. The summed E-state index contributed by atoms with van der Waals surface area (Å²) < 4.78 is 1.10. The zero-order valence-electron chi connectivity index (χ0n) is 23.5. The first kappa shape index (κ1) is 27.8. The van der Waals surface area contributed by atoms with E-state index in [2.05, 4.69) is 161 Å². The number of hydrogen-bond acceptors (Lipinski definition) is 2. The summed E-state index contributed by atoms with van der Waals surface area (Å²) in [7, 11) is 0. The Labute approximate surface area is 237 Å². The van der Waals surface area contributed by atoms with Crippen molar-refractivity contribution in [1.82, 2.24) is 0 Å². The number of hydrogen-bond donors (Lipinski definition) is 0. The van der Waals surface area contributed by atoms with Gasteiger partial charge < -0.3 is 4.90 Å². The molecule has 1 atom stereocenters. The SMILES string of the molecule is Cc1cc(C(C)(C)C)ccc1N(c1ccc(Sc2ccc(Br)cc2)cc1)C1(C)C=CC(C(C)(C)C)=CC1. The largest absolute Gasteiger partial charge is 0.332 e. The summed E-state index contributed by atoms with van der Waals surface area (Å²) in [6.07, 6.45) is 8.15. The molecule has 1 unspecified atom stereocenters. The number of anilines is 2. The minimum absolute atomic E-state index is 0.124. The first-order valence-electron chi connectivity index (χ1n) is 13.1. The van der Waals surface area contributed by atoms with Gasteiger partial charge in [0.05, 0.1) is 5.54 Å². The zero-order chi connectivity index (χ0) is 27.0. The van der Waals surface area contributed by atoms with Crippen LogP contribution in [-0.2, 0) is 5.41 Å². The first-order chi connectivity index (χ1) is 17.3. The van der Waals surface area contributed by atoms with Crippen molar-refractivity contribution in [3.8, 4) is 0 Å². The minimum Gasteiger partial charge on any atom is -0.332 e. The highest BCUT2D eigenvalue weighted by Crippen LogP contribution is 2.43. The fourth-order valence-electron chi connectivity index (χ4n) is 4.83. The van der Waals surface area contributed by atoms with Crippen LogP contribution in [0.4, 0.5) is 11.4 Å². The topological polar surface area (TPSA) is 3.24 Å². The van der Waals surface area contributed by atoms with E-state index in [1.165, 1.54) is 37.9 Å². The number of benzene rings is 3. The Hall–Kier alpha value is -2.23. The number of nitrogens with zero attached hydrogens (tertiary/aromatic N) is 1. The second-order valence-electron chi connectivity index (χ2n) is 12.4. The molecular formula is C34H40BrNS. The molecule has 0 N–H and O–H groups in total. The van der Waals surface area contributed by atoms with Crippen LogP contribution in [0, 0.1) is 12.3 Å². The maximum atomic E-state index is 3.53. The lowest BCUT2D eigenvalue weighted by Gasteiger charge is -2.44. The molecule has 3 aromatic carbocycles. The van der Waals surface area contributed by atoms with E-state index in [1.807, 2.05) is 0 Å². The second kappa shape index (κ2) is 10.5. The molecule has 0 spiro atoms. The standard InChI is InChI=1S/C34H40BrNS/c1-24-23-26(33(5,6)7)9-18-31(24)36(34(8)21-19-25(20-22-34)32(2,3)4)28-12-16-30(17-13-28)37-29-14-10-27(35)11-15-29/h9-21,23H,22H2,1-8H3. The number of aryl methyl sites for hydroxylation is 1. The summed E-state index contributed by atoms with van der Waals surface area (Å²) >= 11 is 5.33. The van der Waals surface area contributed by atoms with Crippen LogP contribution >= 0.6 is 27.7 Å². The monoisotopic (exact) mass is 573 g/mol. The van der Waals surface area contributed by atoms with Gasteiger partial charge in [0.25, 0.3) is 0 Å². The molecule has 0 fully saturated rings. The number of rotatable bonds is 5. The van der Waals surface area contributed by atoms with Gasteiger partial charge in [-0.3, -0.25) is 0 Å². The summed E-state index contributed by atoms with van der Waals surface area (Å²) in [4.78, 5) is 5.02. The Balaban J connectivity index is 1.73. The molecule has 0 saturated heterocycles. The van der Waals surface area contributed by atoms with Crippen LogP contribution in [0.1, 0.15) is 66.0 Å². The van der Waals surface area contributed by atoms with Crippen molar-refractivity contribution in [3.63, 3.8) is 0 Å². The Morgan fingerprint density at radius 1 is 0.811 bits per heavy atom. The van der Waals surface area contributed by atoms with Gasteiger partial charge in [-0.15, -0.1) is 0 Å². The third-order valence-corrected chi connectivity index (χ3v) is 8.73. The third kappa shape index (κ3) is 6.44. The van der Waals surface area contributed by atoms with Gasteiger partial charge in [-0.1, -0.05) is 99.6 Å². The van der Waals surface area contributed by atoms with E-state index in [1.54, 1.807) is 11.8 Å². The van der Waals surface area contributed by atoms with E-state index in [0.717, 1.165) is 10.9 Å². The van der Waals surface area contributed by atoms with E-state index in [0.29, 0.717) is 0 Å². The van der Waals surface area contributed by atoms with Gasteiger partial charge >= 0.3 is 0 Å². The fourth-order valence-corrected chi connectivity index (χ4v) is 5.91. The van der Waals surface area contributed by atoms with Crippen molar-refractivity contribution in [2.24, 2.45) is 5.41 Å². The van der Waals surface area contributed by atoms with E-state index >= 15 is 0 Å². The van der Waals surface area contributed by atoms with Crippen LogP contribution in [0.5, 0.6) is 0 Å². The van der Waals surface area contributed by atoms with Crippen LogP contribution in [0.3, 0.4) is 0 Å². The quantitative estimate of drug-likeness (QED) is 0.298. The Bertz CT molecular complexity index is 1300. The second-order valence-corrected chi connectivity index (χ2v) is 14.5. The average Bonchev–Trinajstić information content (AvgIpc) is 2.82. The lowest BCUT2D eigenvalue weighted by molar-refractivity contribution is 0.493. The van der Waals surface area contributed by atoms with Crippen LogP contribution in [0.2, 0.25) is 0 Å². The van der Waals surface area contributed by atoms with Crippen LogP contribution < -0.4 is 4.90 Å². The summed E-state index contributed by atoms with van der Waals surface area (Å²) in [5.74, 6) is 0. The molecule has 1 nitrogen and oxygen atoms in total. The van der Waals surface area contributed by atoms with Crippen LogP contribution in [0.25, 0.3) is 0 Å². The maximum absolute atomic E-state index is 3.53. The molecule has 194 valence electrons. The van der Waals surface area contributed by atoms with E-state index in [4.69, 9.17) is 0 Å². The molecular weight excluding hydrogens is 534 g/mol. The molecule has 0 radical (unpaired) electrons. The van der Waals surface area contributed by atoms with Crippen molar-refractivity contribution >= 4 is 39.1 Å². The summed E-state index contributed by atoms with van der Waals surface area (Å²) in [6, 6.07) is 24.6. The highest BCUT2D eigenvalue weighted by Gasteiger charge is 2.34. The van der Waals surface area contributed by atoms with Gasteiger partial charge in [-0.05, 0) is 102 Å². The lowest BCUT2D eigenvalue weighted by Crippen LogP contribution is -2.43. The number of allylic oxidation sites excluding steroid dienone is 2. The van der Waals surface area contributed by atoms with Crippen LogP contribution in [0.15, 0.2) is 105 Å². The molecule has 0 heterocycles. The van der Waals surface area contributed by atoms with Crippen molar-refractivity contribution in [2.45, 2.75) is 82.6 Å². The first-order valence-corrected chi connectivity index (χ1v) is 14.7. The average molecular weight is 575 g/mol. The van der Waals surface area contributed by atoms with Crippen LogP contribution in [-0.4, -0.2) is 5.54 Å². The molecule has 4 rings (SSSR count). The van der Waals surface area contributed by atoms with Gasteiger partial charge in [0, 0.05) is 25.6 Å². The van der Waals surface area contributed by atoms with Gasteiger partial charge in [0.15, 0.2) is 0 Å². The molecule has 3 heteroatoms. The Morgan fingerprint density at radius 3 is 1.89 bits per heavy atom. The zero-order valence-corrected chi connectivity index (χ0v) is 25.9. The predicted molar refractivity (Wildman–Crippen MR) is 166 cm³/mol. The molecule has 1 aliphatic carbocycles. The van der Waals surface area contributed by atoms with Gasteiger partial charge in [0.2, 0.25) is 0 Å².